The van der Waals surface area contributed by atoms with Gasteiger partial charge in [0, 0.05) is 19.5 Å². The number of amides is 2. The van der Waals surface area contributed by atoms with Crippen molar-refractivity contribution in [2.75, 3.05) is 34.3 Å². The van der Waals surface area contributed by atoms with Crippen molar-refractivity contribution in [1.29, 1.82) is 0 Å². The molecule has 0 aliphatic carbocycles. The zero-order chi connectivity index (χ0) is 18.9. The first-order valence-corrected chi connectivity index (χ1v) is 8.40. The van der Waals surface area contributed by atoms with Crippen molar-refractivity contribution in [1.82, 2.24) is 15.5 Å². The van der Waals surface area contributed by atoms with Crippen LogP contribution >= 0.6 is 0 Å². The summed E-state index contributed by atoms with van der Waals surface area (Å²) in [6, 6.07) is 11.0. The summed E-state index contributed by atoms with van der Waals surface area (Å²) >= 11 is 0. The molecular formula is C19H25N3O4. The average Bonchev–Trinajstić information content (AvgIpc) is 3.17. The maximum atomic E-state index is 12.0. The van der Waals surface area contributed by atoms with E-state index in [1.807, 2.05) is 43.3 Å². The summed E-state index contributed by atoms with van der Waals surface area (Å²) in [5.41, 5.74) is 1.09. The van der Waals surface area contributed by atoms with Crippen LogP contribution < -0.4 is 15.4 Å². The molecule has 1 heterocycles. The number of nitrogens with zero attached hydrogens (tertiary/aromatic N) is 1. The molecule has 2 rings (SSSR count). The van der Waals surface area contributed by atoms with E-state index in [0.29, 0.717) is 6.54 Å². The molecule has 7 nitrogen and oxygen atoms in total. The van der Waals surface area contributed by atoms with Crippen molar-refractivity contribution in [3.8, 4) is 5.75 Å². The first-order chi connectivity index (χ1) is 12.5. The molecule has 2 N–H and O–H groups in total. The fraction of sp³-hybridized carbons (Fsp3) is 0.368. The van der Waals surface area contributed by atoms with Crippen LogP contribution in [0.4, 0.5) is 0 Å². The number of hydrogen-bond acceptors (Lipinski definition) is 5. The predicted octanol–water partition coefficient (Wildman–Crippen LogP) is 1.83. The second-order valence-electron chi connectivity index (χ2n) is 6.04. The second-order valence-corrected chi connectivity index (χ2v) is 6.04. The molecule has 7 heteroatoms. The molecule has 0 bridgehead atoms. The van der Waals surface area contributed by atoms with E-state index in [4.69, 9.17) is 9.15 Å². The Balaban J connectivity index is 1.78. The molecule has 0 saturated carbocycles. The van der Waals surface area contributed by atoms with Crippen molar-refractivity contribution in [3.63, 3.8) is 0 Å². The number of nitrogens with one attached hydrogen (secondary N) is 2. The number of carbonyl (C=O) groups excluding carboxylic acids is 2. The molecule has 1 atom stereocenters. The maximum absolute atomic E-state index is 12.0. The van der Waals surface area contributed by atoms with Crippen molar-refractivity contribution >= 4 is 11.8 Å². The summed E-state index contributed by atoms with van der Waals surface area (Å²) in [4.78, 5) is 25.8. The summed E-state index contributed by atoms with van der Waals surface area (Å²) in [5, 5.41) is 5.57. The Morgan fingerprint density at radius 2 is 1.88 bits per heavy atom. The third-order valence-corrected chi connectivity index (χ3v) is 4.00. The van der Waals surface area contributed by atoms with Gasteiger partial charge in [0.25, 0.3) is 5.91 Å². The monoisotopic (exact) mass is 359 g/mol. The lowest BCUT2D eigenvalue weighted by Crippen LogP contribution is -2.36. The van der Waals surface area contributed by atoms with Crippen molar-refractivity contribution < 1.29 is 18.7 Å². The van der Waals surface area contributed by atoms with Gasteiger partial charge >= 0.3 is 0 Å². The molecule has 0 fully saturated rings. The fourth-order valence-electron chi connectivity index (χ4n) is 2.51. The van der Waals surface area contributed by atoms with E-state index in [1.165, 1.54) is 6.26 Å². The van der Waals surface area contributed by atoms with Crippen LogP contribution in [0, 0.1) is 0 Å². The van der Waals surface area contributed by atoms with E-state index in [1.54, 1.807) is 19.2 Å². The Hall–Kier alpha value is -2.80. The first kappa shape index (κ1) is 19.5. The highest BCUT2D eigenvalue weighted by Gasteiger charge is 2.15. The molecule has 2 amide bonds. The summed E-state index contributed by atoms with van der Waals surface area (Å²) < 4.78 is 10.2. The normalized spacial score (nSPS) is 11.8. The van der Waals surface area contributed by atoms with Gasteiger partial charge in [0.1, 0.15) is 5.75 Å². The number of likely N-dealkylation sites (N-methyl/N-ethyl adjacent to an activating group) is 1. The summed E-state index contributed by atoms with van der Waals surface area (Å²) in [5.74, 6) is 0.581. The van der Waals surface area contributed by atoms with E-state index >= 15 is 0 Å². The first-order valence-electron chi connectivity index (χ1n) is 8.40. The predicted molar refractivity (Wildman–Crippen MR) is 98.1 cm³/mol. The molecule has 0 aliphatic heterocycles. The van der Waals surface area contributed by atoms with Gasteiger partial charge < -0.3 is 24.7 Å². The molecule has 0 aliphatic rings. The van der Waals surface area contributed by atoms with Crippen molar-refractivity contribution in [2.45, 2.75) is 12.5 Å². The summed E-state index contributed by atoms with van der Waals surface area (Å²) in [6.07, 6.45) is 1.64. The highest BCUT2D eigenvalue weighted by Crippen LogP contribution is 2.20. The van der Waals surface area contributed by atoms with Crippen LogP contribution in [0.15, 0.2) is 47.1 Å². The topological polar surface area (TPSA) is 83.8 Å². The third kappa shape index (κ3) is 5.63. The molecule has 0 unspecified atom stereocenters. The largest absolute Gasteiger partial charge is 0.497 e. The standard InChI is InChI=1S/C19H25N3O4/c1-22(2)16(14-6-8-15(25-3)9-7-14)13-21-18(23)10-11-20-19(24)17-5-4-12-26-17/h4-9,12,16H,10-11,13H2,1-3H3,(H,20,24)(H,21,23)/t16-/m1/s1. The Kier molecular flexibility index (Phi) is 7.23. The zero-order valence-electron chi connectivity index (χ0n) is 15.3. The minimum absolute atomic E-state index is 0.0440. The van der Waals surface area contributed by atoms with Gasteiger partial charge in [-0.2, -0.15) is 0 Å². The SMILES string of the molecule is COc1ccc([C@@H](CNC(=O)CCNC(=O)c2ccco2)N(C)C)cc1. The van der Waals surface area contributed by atoms with E-state index in [0.717, 1.165) is 11.3 Å². The fourth-order valence-corrected chi connectivity index (χ4v) is 2.51. The molecule has 0 radical (unpaired) electrons. The van der Waals surface area contributed by atoms with Gasteiger partial charge in [0.05, 0.1) is 19.4 Å². The number of methoxy groups -OCH3 is 1. The van der Waals surface area contributed by atoms with Gasteiger partial charge in [-0.15, -0.1) is 0 Å². The van der Waals surface area contributed by atoms with Gasteiger partial charge in [0.2, 0.25) is 5.91 Å². The minimum atomic E-state index is -0.327. The van der Waals surface area contributed by atoms with Crippen LogP contribution in [0.5, 0.6) is 5.75 Å². The van der Waals surface area contributed by atoms with E-state index in [9.17, 15) is 9.59 Å². The lowest BCUT2D eigenvalue weighted by Gasteiger charge is -2.25. The second kappa shape index (κ2) is 9.62. The van der Waals surface area contributed by atoms with Gasteiger partial charge in [-0.3, -0.25) is 9.59 Å². The number of benzene rings is 1. The molecule has 26 heavy (non-hydrogen) atoms. The van der Waals surface area contributed by atoms with Crippen molar-refractivity contribution in [3.05, 3.63) is 54.0 Å². The third-order valence-electron chi connectivity index (χ3n) is 4.00. The highest BCUT2D eigenvalue weighted by molar-refractivity contribution is 5.91. The van der Waals surface area contributed by atoms with Crippen molar-refractivity contribution in [2.24, 2.45) is 0 Å². The summed E-state index contributed by atoms with van der Waals surface area (Å²) in [7, 11) is 5.55. The molecule has 0 spiro atoms. The van der Waals surface area contributed by atoms with Gasteiger partial charge in [-0.1, -0.05) is 12.1 Å². The quantitative estimate of drug-likeness (QED) is 0.714. The Bertz CT molecular complexity index is 696. The number of rotatable bonds is 9. The minimum Gasteiger partial charge on any atom is -0.497 e. The molecule has 0 saturated heterocycles. The highest BCUT2D eigenvalue weighted by atomic mass is 16.5. The molecule has 1 aromatic carbocycles. The number of hydrogen-bond donors (Lipinski definition) is 2. The van der Waals surface area contributed by atoms with E-state index in [-0.39, 0.29) is 36.6 Å². The Morgan fingerprint density at radius 1 is 1.15 bits per heavy atom. The van der Waals surface area contributed by atoms with Crippen LogP contribution in [0.1, 0.15) is 28.6 Å². The lowest BCUT2D eigenvalue weighted by atomic mass is 10.1. The maximum Gasteiger partial charge on any atom is 0.286 e. The van der Waals surface area contributed by atoms with Gasteiger partial charge in [0.15, 0.2) is 5.76 Å². The number of carbonyl (C=O) groups is 2. The number of furan rings is 1. The molecule has 140 valence electrons. The zero-order valence-corrected chi connectivity index (χ0v) is 15.3. The average molecular weight is 359 g/mol. The Morgan fingerprint density at radius 3 is 2.46 bits per heavy atom. The van der Waals surface area contributed by atoms with Crippen LogP contribution in [-0.4, -0.2) is 51.0 Å². The molecular weight excluding hydrogens is 334 g/mol. The van der Waals surface area contributed by atoms with Crippen LogP contribution in [0.25, 0.3) is 0 Å². The lowest BCUT2D eigenvalue weighted by molar-refractivity contribution is -0.121. The number of ether oxygens (including phenoxy) is 1. The van der Waals surface area contributed by atoms with Crippen LogP contribution in [0.2, 0.25) is 0 Å². The Labute approximate surface area is 153 Å². The van der Waals surface area contributed by atoms with E-state index < -0.39 is 0 Å². The smallest absolute Gasteiger partial charge is 0.286 e. The van der Waals surface area contributed by atoms with Crippen LogP contribution in [0.3, 0.4) is 0 Å². The molecule has 2 aromatic rings. The molecule has 1 aromatic heterocycles. The van der Waals surface area contributed by atoms with E-state index in [2.05, 4.69) is 10.6 Å². The summed E-state index contributed by atoms with van der Waals surface area (Å²) in [6.45, 7) is 0.727. The van der Waals surface area contributed by atoms with Gasteiger partial charge in [-0.25, -0.2) is 0 Å². The van der Waals surface area contributed by atoms with Gasteiger partial charge in [-0.05, 0) is 43.9 Å². The van der Waals surface area contributed by atoms with Crippen LogP contribution in [-0.2, 0) is 4.79 Å².